The minimum atomic E-state index is 0.216. The molecule has 0 aliphatic carbocycles. The lowest BCUT2D eigenvalue weighted by atomic mass is 9.90. The molecule has 2 rings (SSSR count). The normalized spacial score (nSPS) is 19.8. The van der Waals surface area contributed by atoms with Crippen LogP contribution in [0.2, 0.25) is 0 Å². The predicted molar refractivity (Wildman–Crippen MR) is 76.4 cm³/mol. The maximum absolute atomic E-state index is 9.96. The van der Waals surface area contributed by atoms with Gasteiger partial charge < -0.3 is 15.2 Å². The number of ether oxygens (including phenoxy) is 1. The van der Waals surface area contributed by atoms with Gasteiger partial charge in [-0.2, -0.15) is 0 Å². The van der Waals surface area contributed by atoms with E-state index in [0.717, 1.165) is 35.1 Å². The van der Waals surface area contributed by atoms with Crippen molar-refractivity contribution in [2.75, 3.05) is 20.2 Å². The second kappa shape index (κ2) is 5.93. The van der Waals surface area contributed by atoms with Gasteiger partial charge in [-0.3, -0.25) is 0 Å². The quantitative estimate of drug-likeness (QED) is 0.901. The van der Waals surface area contributed by atoms with Crippen LogP contribution in [0, 0.1) is 12.8 Å². The van der Waals surface area contributed by atoms with E-state index in [1.807, 2.05) is 0 Å². The van der Waals surface area contributed by atoms with Crippen LogP contribution in [0.3, 0.4) is 0 Å². The Morgan fingerprint density at radius 2 is 2.33 bits per heavy atom. The predicted octanol–water partition coefficient (Wildman–Crippen LogP) is 3.01. The van der Waals surface area contributed by atoms with Crippen LogP contribution in [0.15, 0.2) is 10.5 Å². The highest BCUT2D eigenvalue weighted by Crippen LogP contribution is 2.38. The van der Waals surface area contributed by atoms with Crippen LogP contribution in [-0.4, -0.2) is 25.3 Å². The molecule has 1 aromatic carbocycles. The minimum absolute atomic E-state index is 0.216. The van der Waals surface area contributed by atoms with Gasteiger partial charge in [-0.15, -0.1) is 0 Å². The van der Waals surface area contributed by atoms with Gasteiger partial charge in [0, 0.05) is 10.0 Å². The lowest BCUT2D eigenvalue weighted by Gasteiger charge is -2.25. The highest BCUT2D eigenvalue weighted by atomic mass is 79.9. The van der Waals surface area contributed by atoms with Crippen LogP contribution >= 0.6 is 15.9 Å². The number of phenols is 1. The van der Waals surface area contributed by atoms with E-state index in [1.165, 1.54) is 12.8 Å². The average Bonchev–Trinajstić information content (AvgIpc) is 2.37. The van der Waals surface area contributed by atoms with Gasteiger partial charge in [-0.05, 0) is 56.8 Å². The summed E-state index contributed by atoms with van der Waals surface area (Å²) in [5, 5.41) is 13.4. The molecule has 1 fully saturated rings. The smallest absolute Gasteiger partial charge is 0.164 e. The lowest BCUT2D eigenvalue weighted by Crippen LogP contribution is -2.31. The Labute approximate surface area is 117 Å². The fourth-order valence-electron chi connectivity index (χ4n) is 2.62. The summed E-state index contributed by atoms with van der Waals surface area (Å²) >= 11 is 3.49. The van der Waals surface area contributed by atoms with E-state index in [0.29, 0.717) is 11.7 Å². The Morgan fingerprint density at radius 3 is 2.94 bits per heavy atom. The van der Waals surface area contributed by atoms with Gasteiger partial charge in [0.15, 0.2) is 11.5 Å². The molecule has 1 aliphatic rings. The summed E-state index contributed by atoms with van der Waals surface area (Å²) in [6.07, 6.45) is 3.42. The molecule has 0 amide bonds. The molecule has 2 N–H and O–H groups in total. The van der Waals surface area contributed by atoms with E-state index in [4.69, 9.17) is 4.74 Å². The molecule has 0 spiro atoms. The Bertz CT molecular complexity index is 428. The van der Waals surface area contributed by atoms with Crippen LogP contribution in [0.1, 0.15) is 24.0 Å². The Hall–Kier alpha value is -0.740. The first-order valence-electron chi connectivity index (χ1n) is 6.39. The Kier molecular flexibility index (Phi) is 4.51. The SMILES string of the molecule is COc1c(O)cc(Br)c(C)c1CC1CCCNC1. The topological polar surface area (TPSA) is 41.5 Å². The van der Waals surface area contributed by atoms with Gasteiger partial charge in [-0.1, -0.05) is 15.9 Å². The van der Waals surface area contributed by atoms with Crippen LogP contribution < -0.4 is 10.1 Å². The second-order valence-corrected chi connectivity index (χ2v) is 5.79. The maximum Gasteiger partial charge on any atom is 0.164 e. The number of hydrogen-bond donors (Lipinski definition) is 2. The summed E-state index contributed by atoms with van der Waals surface area (Å²) in [5.74, 6) is 1.47. The Morgan fingerprint density at radius 1 is 1.56 bits per heavy atom. The first-order chi connectivity index (χ1) is 8.63. The van der Waals surface area contributed by atoms with Crippen molar-refractivity contribution in [1.29, 1.82) is 0 Å². The third kappa shape index (κ3) is 2.81. The largest absolute Gasteiger partial charge is 0.504 e. The van der Waals surface area contributed by atoms with Crippen LogP contribution in [-0.2, 0) is 6.42 Å². The van der Waals surface area contributed by atoms with Gasteiger partial charge in [-0.25, -0.2) is 0 Å². The van der Waals surface area contributed by atoms with Crippen molar-refractivity contribution >= 4 is 15.9 Å². The molecule has 1 unspecified atom stereocenters. The van der Waals surface area contributed by atoms with Gasteiger partial charge in [0.2, 0.25) is 0 Å². The molecular weight excluding hydrogens is 294 g/mol. The van der Waals surface area contributed by atoms with Gasteiger partial charge in [0.05, 0.1) is 7.11 Å². The molecule has 4 heteroatoms. The molecule has 1 heterocycles. The molecule has 1 saturated heterocycles. The number of aromatic hydroxyl groups is 1. The molecule has 0 radical (unpaired) electrons. The number of nitrogens with one attached hydrogen (secondary N) is 1. The number of methoxy groups -OCH3 is 1. The number of piperidine rings is 1. The van der Waals surface area contributed by atoms with E-state index in [1.54, 1.807) is 13.2 Å². The average molecular weight is 314 g/mol. The molecular formula is C14H20BrNO2. The van der Waals surface area contributed by atoms with Gasteiger partial charge >= 0.3 is 0 Å². The molecule has 1 aromatic rings. The van der Waals surface area contributed by atoms with E-state index in [2.05, 4.69) is 28.2 Å². The zero-order chi connectivity index (χ0) is 13.1. The fourth-order valence-corrected chi connectivity index (χ4v) is 3.08. The number of benzene rings is 1. The van der Waals surface area contributed by atoms with Gasteiger partial charge in [0.25, 0.3) is 0 Å². The molecule has 100 valence electrons. The van der Waals surface area contributed by atoms with Crippen molar-refractivity contribution < 1.29 is 9.84 Å². The first-order valence-corrected chi connectivity index (χ1v) is 7.18. The molecule has 0 bridgehead atoms. The van der Waals surface area contributed by atoms with E-state index in [-0.39, 0.29) is 5.75 Å². The molecule has 0 aromatic heterocycles. The van der Waals surface area contributed by atoms with Crippen molar-refractivity contribution in [3.05, 3.63) is 21.7 Å². The van der Waals surface area contributed by atoms with Crippen molar-refractivity contribution in [2.24, 2.45) is 5.92 Å². The third-order valence-electron chi connectivity index (χ3n) is 3.68. The van der Waals surface area contributed by atoms with Gasteiger partial charge in [0.1, 0.15) is 0 Å². The second-order valence-electron chi connectivity index (χ2n) is 4.93. The Balaban J connectivity index is 2.29. The monoisotopic (exact) mass is 313 g/mol. The van der Waals surface area contributed by atoms with E-state index >= 15 is 0 Å². The molecule has 3 nitrogen and oxygen atoms in total. The fraction of sp³-hybridized carbons (Fsp3) is 0.571. The van der Waals surface area contributed by atoms with Crippen LogP contribution in [0.4, 0.5) is 0 Å². The van der Waals surface area contributed by atoms with Crippen molar-refractivity contribution in [1.82, 2.24) is 5.32 Å². The highest BCUT2D eigenvalue weighted by molar-refractivity contribution is 9.10. The summed E-state index contributed by atoms with van der Waals surface area (Å²) in [5.41, 5.74) is 2.29. The number of rotatable bonds is 3. The third-order valence-corrected chi connectivity index (χ3v) is 4.50. The minimum Gasteiger partial charge on any atom is -0.504 e. The van der Waals surface area contributed by atoms with E-state index in [9.17, 15) is 5.11 Å². The zero-order valence-electron chi connectivity index (χ0n) is 10.9. The maximum atomic E-state index is 9.96. The summed E-state index contributed by atoms with van der Waals surface area (Å²) < 4.78 is 6.31. The standard InChI is InChI=1S/C14H20BrNO2/c1-9-11(6-10-4-3-5-16-8-10)14(18-2)13(17)7-12(9)15/h7,10,16-17H,3-6,8H2,1-2H3. The number of phenolic OH excluding ortho intramolecular Hbond substituents is 1. The van der Waals surface area contributed by atoms with Crippen LogP contribution in [0.25, 0.3) is 0 Å². The van der Waals surface area contributed by atoms with Crippen molar-refractivity contribution in [3.63, 3.8) is 0 Å². The number of hydrogen-bond acceptors (Lipinski definition) is 3. The molecule has 18 heavy (non-hydrogen) atoms. The molecule has 1 atom stereocenters. The van der Waals surface area contributed by atoms with Crippen molar-refractivity contribution in [3.8, 4) is 11.5 Å². The number of halogens is 1. The summed E-state index contributed by atoms with van der Waals surface area (Å²) in [6, 6.07) is 1.71. The molecule has 1 aliphatic heterocycles. The molecule has 0 saturated carbocycles. The summed E-state index contributed by atoms with van der Waals surface area (Å²) in [4.78, 5) is 0. The summed E-state index contributed by atoms with van der Waals surface area (Å²) in [7, 11) is 1.62. The summed E-state index contributed by atoms with van der Waals surface area (Å²) in [6.45, 7) is 4.24. The van der Waals surface area contributed by atoms with Crippen molar-refractivity contribution in [2.45, 2.75) is 26.2 Å². The lowest BCUT2D eigenvalue weighted by molar-refractivity contribution is 0.349. The zero-order valence-corrected chi connectivity index (χ0v) is 12.5. The highest BCUT2D eigenvalue weighted by Gasteiger charge is 2.20. The van der Waals surface area contributed by atoms with E-state index < -0.39 is 0 Å². The first kappa shape index (κ1) is 13.7. The van der Waals surface area contributed by atoms with Crippen LogP contribution in [0.5, 0.6) is 11.5 Å².